The molecule has 0 aliphatic carbocycles. The molecule has 2 aromatic heterocycles. The second-order valence-electron chi connectivity index (χ2n) is 5.33. The lowest BCUT2D eigenvalue weighted by Gasteiger charge is -2.22. The van der Waals surface area contributed by atoms with Crippen molar-refractivity contribution in [2.45, 2.75) is 27.2 Å². The fraction of sp³-hybridized carbons (Fsp3) is 0.412. The highest BCUT2D eigenvalue weighted by atomic mass is 16.2. The molecule has 120 valence electrons. The van der Waals surface area contributed by atoms with E-state index in [4.69, 9.17) is 5.26 Å². The maximum Gasteiger partial charge on any atom is 0.257 e. The Labute approximate surface area is 136 Å². The third-order valence-electron chi connectivity index (χ3n) is 3.68. The van der Waals surface area contributed by atoms with Crippen molar-refractivity contribution in [3.63, 3.8) is 0 Å². The summed E-state index contributed by atoms with van der Waals surface area (Å²) in [6, 6.07) is 7.75. The lowest BCUT2D eigenvalue weighted by molar-refractivity contribution is 0.0751. The molecule has 1 amide bonds. The molecule has 0 radical (unpaired) electrons. The standard InChI is InChI=1S/C17H21N5O/c1-4-15-14(17(23)21(5-2)12-13(3)10-18)11-20-22(15)16-8-6-7-9-19-16/h6-9,11,13H,4-5,12H2,1-3H3. The van der Waals surface area contributed by atoms with Gasteiger partial charge < -0.3 is 4.90 Å². The third kappa shape index (κ3) is 3.57. The first-order valence-electron chi connectivity index (χ1n) is 7.79. The zero-order chi connectivity index (χ0) is 16.8. The summed E-state index contributed by atoms with van der Waals surface area (Å²) in [5.41, 5.74) is 1.40. The number of hydrogen-bond donors (Lipinski definition) is 0. The molecule has 0 spiro atoms. The van der Waals surface area contributed by atoms with Crippen LogP contribution in [0.1, 0.15) is 36.8 Å². The number of nitriles is 1. The van der Waals surface area contributed by atoms with Crippen LogP contribution in [0.2, 0.25) is 0 Å². The predicted octanol–water partition coefficient (Wildman–Crippen LogP) is 2.45. The lowest BCUT2D eigenvalue weighted by atomic mass is 10.1. The fourth-order valence-corrected chi connectivity index (χ4v) is 2.47. The minimum atomic E-state index is -0.199. The molecule has 0 aromatic carbocycles. The van der Waals surface area contributed by atoms with E-state index in [0.29, 0.717) is 30.9 Å². The smallest absolute Gasteiger partial charge is 0.257 e. The van der Waals surface area contributed by atoms with Gasteiger partial charge >= 0.3 is 0 Å². The first-order chi connectivity index (χ1) is 11.1. The maximum absolute atomic E-state index is 12.8. The molecule has 0 N–H and O–H groups in total. The average molecular weight is 311 g/mol. The molecule has 6 nitrogen and oxygen atoms in total. The van der Waals surface area contributed by atoms with Gasteiger partial charge in [0.25, 0.3) is 5.91 Å². The number of rotatable bonds is 6. The number of nitrogens with zero attached hydrogens (tertiary/aromatic N) is 5. The Bertz CT molecular complexity index is 702. The number of amides is 1. The monoisotopic (exact) mass is 311 g/mol. The Kier molecular flexibility index (Phi) is 5.47. The van der Waals surface area contributed by atoms with Crippen LogP contribution in [0.5, 0.6) is 0 Å². The van der Waals surface area contributed by atoms with E-state index in [-0.39, 0.29) is 11.8 Å². The van der Waals surface area contributed by atoms with Crippen molar-refractivity contribution in [3.8, 4) is 11.9 Å². The van der Waals surface area contributed by atoms with Gasteiger partial charge in [-0.05, 0) is 32.4 Å². The van der Waals surface area contributed by atoms with Crippen molar-refractivity contribution < 1.29 is 4.79 Å². The van der Waals surface area contributed by atoms with E-state index in [0.717, 1.165) is 5.69 Å². The molecule has 0 aliphatic heterocycles. The lowest BCUT2D eigenvalue weighted by Crippen LogP contribution is -2.34. The highest BCUT2D eigenvalue weighted by Crippen LogP contribution is 2.17. The quantitative estimate of drug-likeness (QED) is 0.821. The van der Waals surface area contributed by atoms with Crippen LogP contribution in [0, 0.1) is 17.2 Å². The van der Waals surface area contributed by atoms with E-state index in [1.807, 2.05) is 39.0 Å². The van der Waals surface area contributed by atoms with Gasteiger partial charge in [0.15, 0.2) is 5.82 Å². The van der Waals surface area contributed by atoms with Gasteiger partial charge in [-0.1, -0.05) is 13.0 Å². The van der Waals surface area contributed by atoms with Gasteiger partial charge in [0.2, 0.25) is 0 Å². The fourth-order valence-electron chi connectivity index (χ4n) is 2.47. The first-order valence-corrected chi connectivity index (χ1v) is 7.79. The van der Waals surface area contributed by atoms with Crippen LogP contribution in [-0.2, 0) is 6.42 Å². The topological polar surface area (TPSA) is 74.8 Å². The molecular weight excluding hydrogens is 290 g/mol. The van der Waals surface area contributed by atoms with Gasteiger partial charge in [-0.15, -0.1) is 0 Å². The Balaban J connectivity index is 2.35. The van der Waals surface area contributed by atoms with Gasteiger partial charge in [0.05, 0.1) is 29.4 Å². The summed E-state index contributed by atoms with van der Waals surface area (Å²) in [4.78, 5) is 18.8. The maximum atomic E-state index is 12.8. The molecule has 0 fully saturated rings. The molecule has 0 aliphatic rings. The number of pyridine rings is 1. The summed E-state index contributed by atoms with van der Waals surface area (Å²) < 4.78 is 1.70. The van der Waals surface area contributed by atoms with E-state index < -0.39 is 0 Å². The third-order valence-corrected chi connectivity index (χ3v) is 3.68. The van der Waals surface area contributed by atoms with Crippen LogP contribution in [-0.4, -0.2) is 38.7 Å². The van der Waals surface area contributed by atoms with E-state index in [9.17, 15) is 4.79 Å². The van der Waals surface area contributed by atoms with Crippen molar-refractivity contribution in [1.29, 1.82) is 5.26 Å². The molecular formula is C17H21N5O. The van der Waals surface area contributed by atoms with Gasteiger partial charge in [0.1, 0.15) is 0 Å². The van der Waals surface area contributed by atoms with Crippen molar-refractivity contribution in [1.82, 2.24) is 19.7 Å². The van der Waals surface area contributed by atoms with E-state index in [1.54, 1.807) is 22.0 Å². The number of hydrogen-bond acceptors (Lipinski definition) is 4. The van der Waals surface area contributed by atoms with Crippen molar-refractivity contribution in [2.24, 2.45) is 5.92 Å². The minimum Gasteiger partial charge on any atom is -0.338 e. The zero-order valence-electron chi connectivity index (χ0n) is 13.7. The Morgan fingerprint density at radius 2 is 2.22 bits per heavy atom. The van der Waals surface area contributed by atoms with Crippen molar-refractivity contribution >= 4 is 5.91 Å². The molecule has 1 atom stereocenters. The highest BCUT2D eigenvalue weighted by Gasteiger charge is 2.23. The highest BCUT2D eigenvalue weighted by molar-refractivity contribution is 5.95. The normalized spacial score (nSPS) is 11.7. The summed E-state index contributed by atoms with van der Waals surface area (Å²) in [6.45, 7) is 6.69. The molecule has 6 heteroatoms. The number of aromatic nitrogens is 3. The second-order valence-corrected chi connectivity index (χ2v) is 5.33. The molecule has 23 heavy (non-hydrogen) atoms. The van der Waals surface area contributed by atoms with Gasteiger partial charge in [0, 0.05) is 19.3 Å². The van der Waals surface area contributed by atoms with Crippen LogP contribution in [0.25, 0.3) is 5.82 Å². The summed E-state index contributed by atoms with van der Waals surface area (Å²) in [7, 11) is 0. The first kappa shape index (κ1) is 16.7. The zero-order valence-corrected chi connectivity index (χ0v) is 13.7. The molecule has 1 unspecified atom stereocenters. The van der Waals surface area contributed by atoms with Crippen LogP contribution >= 0.6 is 0 Å². The Morgan fingerprint density at radius 3 is 2.78 bits per heavy atom. The Morgan fingerprint density at radius 1 is 1.43 bits per heavy atom. The average Bonchev–Trinajstić information content (AvgIpc) is 3.03. The number of carbonyl (C=O) groups excluding carboxylic acids is 1. The van der Waals surface area contributed by atoms with Crippen molar-refractivity contribution in [2.75, 3.05) is 13.1 Å². The molecule has 2 heterocycles. The minimum absolute atomic E-state index is 0.0892. The van der Waals surface area contributed by atoms with Gasteiger partial charge in [-0.3, -0.25) is 4.79 Å². The summed E-state index contributed by atoms with van der Waals surface area (Å²) in [5.74, 6) is 0.403. The second kappa shape index (κ2) is 7.54. The largest absolute Gasteiger partial charge is 0.338 e. The predicted molar refractivity (Wildman–Crippen MR) is 87.1 cm³/mol. The molecule has 2 rings (SSSR count). The molecule has 2 aromatic rings. The summed E-state index contributed by atoms with van der Waals surface area (Å²) >= 11 is 0. The van der Waals surface area contributed by atoms with Gasteiger partial charge in [-0.25, -0.2) is 9.67 Å². The summed E-state index contributed by atoms with van der Waals surface area (Å²) in [5, 5.41) is 13.3. The van der Waals surface area contributed by atoms with Crippen LogP contribution in [0.15, 0.2) is 30.6 Å². The SMILES string of the molecule is CCc1c(C(=O)N(CC)CC(C)C#N)cnn1-c1ccccn1. The van der Waals surface area contributed by atoms with E-state index in [1.165, 1.54) is 0 Å². The van der Waals surface area contributed by atoms with Crippen LogP contribution in [0.4, 0.5) is 0 Å². The van der Waals surface area contributed by atoms with Crippen LogP contribution < -0.4 is 0 Å². The van der Waals surface area contributed by atoms with Crippen LogP contribution in [0.3, 0.4) is 0 Å². The number of carbonyl (C=O) groups is 1. The Hall–Kier alpha value is -2.68. The molecule has 0 saturated carbocycles. The molecule has 0 saturated heterocycles. The van der Waals surface area contributed by atoms with E-state index >= 15 is 0 Å². The summed E-state index contributed by atoms with van der Waals surface area (Å²) in [6.07, 6.45) is 3.96. The van der Waals surface area contributed by atoms with E-state index in [2.05, 4.69) is 16.2 Å². The van der Waals surface area contributed by atoms with Crippen molar-refractivity contribution in [3.05, 3.63) is 41.9 Å². The van der Waals surface area contributed by atoms with Gasteiger partial charge in [-0.2, -0.15) is 10.4 Å². The molecule has 0 bridgehead atoms.